The first kappa shape index (κ1) is 13.1. The topological polar surface area (TPSA) is 29.1 Å². The van der Waals surface area contributed by atoms with Crippen LogP contribution in [0.4, 0.5) is 5.69 Å². The predicted octanol–water partition coefficient (Wildman–Crippen LogP) is 4.57. The monoisotopic (exact) mass is 327 g/mol. The number of halogens is 1. The molecule has 20 heavy (non-hydrogen) atoms. The third-order valence-corrected chi connectivity index (χ3v) is 4.06. The van der Waals surface area contributed by atoms with Crippen molar-refractivity contribution in [1.82, 2.24) is 0 Å². The highest BCUT2D eigenvalue weighted by Gasteiger charge is 2.25. The summed E-state index contributed by atoms with van der Waals surface area (Å²) in [6.07, 6.45) is 0.713. The first-order valence-electron chi connectivity index (χ1n) is 6.50. The number of carbonyl (C=O) groups excluding carboxylic acids is 1. The fraction of sp³-hybridized carbons (Fsp3) is 0.118. The summed E-state index contributed by atoms with van der Waals surface area (Å²) in [5.74, 6) is 0.141. The van der Waals surface area contributed by atoms with Gasteiger partial charge in [-0.1, -0.05) is 40.2 Å². The van der Waals surface area contributed by atoms with Crippen LogP contribution in [0.3, 0.4) is 0 Å². The van der Waals surface area contributed by atoms with Gasteiger partial charge in [0.1, 0.15) is 0 Å². The Labute approximate surface area is 126 Å². The number of carbonyl (C=O) groups is 1. The number of fused-ring (bicyclic) bond motifs is 1. The van der Waals surface area contributed by atoms with Crippen LogP contribution in [0, 0.1) is 0 Å². The van der Waals surface area contributed by atoms with E-state index in [2.05, 4.69) is 21.2 Å². The van der Waals surface area contributed by atoms with Crippen molar-refractivity contribution >= 4 is 27.4 Å². The number of allylic oxidation sites excluding steroid dienone is 2. The molecule has 3 rings (SSSR count). The van der Waals surface area contributed by atoms with Gasteiger partial charge in [-0.05, 0) is 36.8 Å². The summed E-state index contributed by atoms with van der Waals surface area (Å²) in [7, 11) is 0. The maximum Gasteiger partial charge on any atom is 0.191 e. The van der Waals surface area contributed by atoms with Crippen molar-refractivity contribution in [2.75, 3.05) is 5.32 Å². The second-order valence-electron chi connectivity index (χ2n) is 4.90. The van der Waals surface area contributed by atoms with Crippen molar-refractivity contribution in [1.29, 1.82) is 0 Å². The smallest absolute Gasteiger partial charge is 0.191 e. The van der Waals surface area contributed by atoms with Crippen molar-refractivity contribution in [2.45, 2.75) is 13.3 Å². The van der Waals surface area contributed by atoms with Crippen molar-refractivity contribution in [3.8, 4) is 0 Å². The molecule has 1 aliphatic rings. The Hall–Kier alpha value is -1.87. The van der Waals surface area contributed by atoms with Crippen molar-refractivity contribution < 1.29 is 4.79 Å². The van der Waals surface area contributed by atoms with Crippen LogP contribution in [0.1, 0.15) is 22.8 Å². The van der Waals surface area contributed by atoms with Gasteiger partial charge < -0.3 is 5.32 Å². The van der Waals surface area contributed by atoms with Gasteiger partial charge in [-0.25, -0.2) is 0 Å². The number of hydrogen-bond donors (Lipinski definition) is 1. The molecule has 1 N–H and O–H groups in total. The maximum atomic E-state index is 12.4. The van der Waals surface area contributed by atoms with E-state index in [1.165, 1.54) is 0 Å². The molecule has 0 fully saturated rings. The summed E-state index contributed by atoms with van der Waals surface area (Å²) in [6.45, 7) is 1.96. The summed E-state index contributed by atoms with van der Waals surface area (Å²) in [4.78, 5) is 12.4. The molecule has 0 radical (unpaired) electrons. The Morgan fingerprint density at radius 2 is 1.80 bits per heavy atom. The maximum absolute atomic E-state index is 12.4. The van der Waals surface area contributed by atoms with Crippen LogP contribution in [0.25, 0.3) is 0 Å². The van der Waals surface area contributed by atoms with Crippen LogP contribution in [-0.4, -0.2) is 5.78 Å². The molecule has 0 unspecified atom stereocenters. The van der Waals surface area contributed by atoms with Gasteiger partial charge in [-0.15, -0.1) is 0 Å². The average Bonchev–Trinajstić information content (AvgIpc) is 2.79. The third-order valence-electron chi connectivity index (χ3n) is 3.53. The van der Waals surface area contributed by atoms with Crippen LogP contribution in [-0.2, 0) is 6.42 Å². The van der Waals surface area contributed by atoms with Crippen LogP contribution in [0.15, 0.2) is 64.3 Å². The summed E-state index contributed by atoms with van der Waals surface area (Å²) in [6, 6.07) is 15.7. The summed E-state index contributed by atoms with van der Waals surface area (Å²) in [5.41, 5.74) is 4.72. The molecule has 0 saturated heterocycles. The van der Waals surface area contributed by atoms with E-state index >= 15 is 0 Å². The zero-order valence-electron chi connectivity index (χ0n) is 11.1. The number of Topliss-reactive ketones (excluding diaryl/α,β-unsaturated/α-hetero) is 1. The highest BCUT2D eigenvalue weighted by molar-refractivity contribution is 9.10. The fourth-order valence-electron chi connectivity index (χ4n) is 2.46. The Balaban J connectivity index is 1.89. The standard InChI is InChI=1S/C17H14BrNO/c1-11(19-14-8-6-13(18)7-9-14)16-10-12-4-2-3-5-15(12)17(16)20/h2-9,19H,10H2,1H3/b16-11-. The van der Waals surface area contributed by atoms with Crippen LogP contribution >= 0.6 is 15.9 Å². The van der Waals surface area contributed by atoms with Gasteiger partial charge >= 0.3 is 0 Å². The summed E-state index contributed by atoms with van der Waals surface area (Å²) >= 11 is 3.41. The van der Waals surface area contributed by atoms with Crippen LogP contribution in [0.5, 0.6) is 0 Å². The van der Waals surface area contributed by atoms with Gasteiger partial charge in [0.15, 0.2) is 5.78 Å². The Morgan fingerprint density at radius 1 is 1.10 bits per heavy atom. The van der Waals surface area contributed by atoms with Crippen molar-refractivity contribution in [2.24, 2.45) is 0 Å². The normalized spacial score (nSPS) is 16.0. The zero-order chi connectivity index (χ0) is 14.1. The van der Waals surface area contributed by atoms with E-state index in [9.17, 15) is 4.79 Å². The molecule has 0 saturated carbocycles. The molecule has 100 valence electrons. The fourth-order valence-corrected chi connectivity index (χ4v) is 2.72. The molecule has 2 aromatic rings. The van der Waals surface area contributed by atoms with Crippen LogP contribution < -0.4 is 5.32 Å². The van der Waals surface area contributed by atoms with Crippen LogP contribution in [0.2, 0.25) is 0 Å². The first-order valence-corrected chi connectivity index (χ1v) is 7.29. The van der Waals surface area contributed by atoms with Gasteiger partial charge in [-0.3, -0.25) is 4.79 Å². The SMILES string of the molecule is C/C(Nc1ccc(Br)cc1)=C1\Cc2ccccc2C1=O. The number of benzene rings is 2. The van der Waals surface area contributed by atoms with E-state index in [0.717, 1.165) is 32.6 Å². The molecule has 2 nitrogen and oxygen atoms in total. The van der Waals surface area contributed by atoms with Crippen molar-refractivity contribution in [3.05, 3.63) is 75.4 Å². The first-order chi connectivity index (χ1) is 9.65. The third kappa shape index (κ3) is 2.41. The quantitative estimate of drug-likeness (QED) is 0.818. The Morgan fingerprint density at radius 3 is 2.50 bits per heavy atom. The lowest BCUT2D eigenvalue weighted by atomic mass is 10.1. The van der Waals surface area contributed by atoms with E-state index in [4.69, 9.17) is 0 Å². The number of anilines is 1. The highest BCUT2D eigenvalue weighted by Crippen LogP contribution is 2.28. The molecule has 0 atom stereocenters. The lowest BCUT2D eigenvalue weighted by Gasteiger charge is -2.09. The molecular formula is C17H14BrNO. The molecule has 0 aromatic heterocycles. The van der Waals surface area contributed by atoms with Crippen molar-refractivity contribution in [3.63, 3.8) is 0 Å². The molecule has 2 aromatic carbocycles. The minimum atomic E-state index is 0.141. The highest BCUT2D eigenvalue weighted by atomic mass is 79.9. The molecule has 0 aliphatic heterocycles. The minimum absolute atomic E-state index is 0.141. The number of hydrogen-bond acceptors (Lipinski definition) is 2. The van der Waals surface area contributed by atoms with Gasteiger partial charge in [0.05, 0.1) is 0 Å². The largest absolute Gasteiger partial charge is 0.359 e. The average molecular weight is 328 g/mol. The van der Waals surface area contributed by atoms with E-state index in [1.807, 2.05) is 55.5 Å². The summed E-state index contributed by atoms with van der Waals surface area (Å²) < 4.78 is 1.04. The zero-order valence-corrected chi connectivity index (χ0v) is 12.7. The molecule has 3 heteroatoms. The Bertz CT molecular complexity index is 701. The second kappa shape index (κ2) is 5.25. The molecule has 0 bridgehead atoms. The lowest BCUT2D eigenvalue weighted by Crippen LogP contribution is -2.05. The Kier molecular flexibility index (Phi) is 3.45. The van der Waals surface area contributed by atoms with Gasteiger partial charge in [0, 0.05) is 33.4 Å². The van der Waals surface area contributed by atoms with E-state index < -0.39 is 0 Å². The summed E-state index contributed by atoms with van der Waals surface area (Å²) in [5, 5.41) is 3.31. The van der Waals surface area contributed by atoms with E-state index in [-0.39, 0.29) is 5.78 Å². The number of nitrogens with one attached hydrogen (secondary N) is 1. The predicted molar refractivity (Wildman–Crippen MR) is 84.9 cm³/mol. The van der Waals surface area contributed by atoms with Gasteiger partial charge in [0.25, 0.3) is 0 Å². The van der Waals surface area contributed by atoms with E-state index in [1.54, 1.807) is 0 Å². The molecular weight excluding hydrogens is 314 g/mol. The van der Waals surface area contributed by atoms with Gasteiger partial charge in [-0.2, -0.15) is 0 Å². The molecule has 0 heterocycles. The molecule has 1 aliphatic carbocycles. The van der Waals surface area contributed by atoms with E-state index in [0.29, 0.717) is 6.42 Å². The second-order valence-corrected chi connectivity index (χ2v) is 5.81. The molecule has 0 spiro atoms. The molecule has 0 amide bonds. The van der Waals surface area contributed by atoms with Gasteiger partial charge in [0.2, 0.25) is 0 Å². The number of ketones is 1. The lowest BCUT2D eigenvalue weighted by molar-refractivity contribution is 0.103. The minimum Gasteiger partial charge on any atom is -0.359 e. The number of rotatable bonds is 2.